The fourth-order valence-corrected chi connectivity index (χ4v) is 1.17. The first kappa shape index (κ1) is 11.1. The Labute approximate surface area is 88.9 Å². The van der Waals surface area contributed by atoms with Crippen LogP contribution in [-0.2, 0) is 6.54 Å². The van der Waals surface area contributed by atoms with Gasteiger partial charge in [0.25, 0.3) is 0 Å². The standard InChI is InChI=1S/C11H13N3O/c1-9-4-2-3-5-10(9)8-14-11(15)13-7-6-12/h2-5H,7-8H2,1H3,(H2,13,14,15). The van der Waals surface area contributed by atoms with Gasteiger partial charge in [-0.1, -0.05) is 24.3 Å². The molecule has 78 valence electrons. The number of amides is 2. The second kappa shape index (κ2) is 5.66. The van der Waals surface area contributed by atoms with E-state index in [4.69, 9.17) is 5.26 Å². The molecule has 0 spiro atoms. The second-order valence-electron chi connectivity index (χ2n) is 3.12. The number of carbonyl (C=O) groups is 1. The minimum Gasteiger partial charge on any atom is -0.334 e. The highest BCUT2D eigenvalue weighted by Crippen LogP contribution is 2.05. The van der Waals surface area contributed by atoms with Gasteiger partial charge in [-0.3, -0.25) is 0 Å². The number of benzene rings is 1. The lowest BCUT2D eigenvalue weighted by atomic mass is 10.1. The van der Waals surface area contributed by atoms with Gasteiger partial charge >= 0.3 is 6.03 Å². The van der Waals surface area contributed by atoms with Crippen molar-refractivity contribution in [2.45, 2.75) is 13.5 Å². The molecular weight excluding hydrogens is 190 g/mol. The lowest BCUT2D eigenvalue weighted by molar-refractivity contribution is 0.241. The average Bonchev–Trinajstić information content (AvgIpc) is 2.25. The molecule has 1 rings (SSSR count). The Morgan fingerprint density at radius 1 is 1.40 bits per heavy atom. The van der Waals surface area contributed by atoms with Crippen LogP contribution in [0, 0.1) is 18.3 Å². The molecule has 0 saturated heterocycles. The van der Waals surface area contributed by atoms with Crippen LogP contribution in [-0.4, -0.2) is 12.6 Å². The Morgan fingerprint density at radius 2 is 2.13 bits per heavy atom. The molecule has 15 heavy (non-hydrogen) atoms. The fraction of sp³-hybridized carbons (Fsp3) is 0.273. The van der Waals surface area contributed by atoms with E-state index in [1.54, 1.807) is 0 Å². The molecule has 4 heteroatoms. The predicted molar refractivity (Wildman–Crippen MR) is 57.0 cm³/mol. The van der Waals surface area contributed by atoms with Gasteiger partial charge in [0.05, 0.1) is 6.07 Å². The first-order chi connectivity index (χ1) is 7.24. The van der Waals surface area contributed by atoms with Crippen molar-refractivity contribution in [3.63, 3.8) is 0 Å². The molecule has 0 aliphatic heterocycles. The highest BCUT2D eigenvalue weighted by Gasteiger charge is 2.00. The van der Waals surface area contributed by atoms with Crippen LogP contribution < -0.4 is 10.6 Å². The van der Waals surface area contributed by atoms with Crippen molar-refractivity contribution in [2.75, 3.05) is 6.54 Å². The third-order valence-electron chi connectivity index (χ3n) is 2.03. The third kappa shape index (κ3) is 3.69. The highest BCUT2D eigenvalue weighted by molar-refractivity contribution is 5.74. The Morgan fingerprint density at radius 3 is 2.80 bits per heavy atom. The van der Waals surface area contributed by atoms with Crippen LogP contribution in [0.3, 0.4) is 0 Å². The molecule has 0 aromatic heterocycles. The molecule has 0 fully saturated rings. The number of hydrogen-bond acceptors (Lipinski definition) is 2. The summed E-state index contributed by atoms with van der Waals surface area (Å²) in [5, 5.41) is 13.3. The average molecular weight is 203 g/mol. The number of urea groups is 1. The largest absolute Gasteiger partial charge is 0.334 e. The zero-order chi connectivity index (χ0) is 11.1. The molecule has 0 unspecified atom stereocenters. The zero-order valence-corrected chi connectivity index (χ0v) is 8.58. The van der Waals surface area contributed by atoms with Gasteiger partial charge in [-0.05, 0) is 18.1 Å². The van der Waals surface area contributed by atoms with Crippen LogP contribution >= 0.6 is 0 Å². The summed E-state index contributed by atoms with van der Waals surface area (Å²) < 4.78 is 0. The van der Waals surface area contributed by atoms with Crippen LogP contribution in [0.2, 0.25) is 0 Å². The summed E-state index contributed by atoms with van der Waals surface area (Å²) in [6.07, 6.45) is 0. The molecule has 0 aliphatic carbocycles. The van der Waals surface area contributed by atoms with E-state index in [0.717, 1.165) is 11.1 Å². The van der Waals surface area contributed by atoms with Crippen LogP contribution in [0.5, 0.6) is 0 Å². The van der Waals surface area contributed by atoms with Crippen LogP contribution in [0.15, 0.2) is 24.3 Å². The molecule has 0 saturated carbocycles. The van der Waals surface area contributed by atoms with E-state index < -0.39 is 0 Å². The van der Waals surface area contributed by atoms with Gasteiger partial charge in [-0.15, -0.1) is 0 Å². The highest BCUT2D eigenvalue weighted by atomic mass is 16.2. The maximum Gasteiger partial charge on any atom is 0.315 e. The molecule has 1 aromatic rings. The van der Waals surface area contributed by atoms with E-state index in [9.17, 15) is 4.79 Å². The number of aryl methyl sites for hydroxylation is 1. The van der Waals surface area contributed by atoms with E-state index in [0.29, 0.717) is 6.54 Å². The van der Waals surface area contributed by atoms with Gasteiger partial charge < -0.3 is 10.6 Å². The summed E-state index contributed by atoms with van der Waals surface area (Å²) in [6.45, 7) is 2.49. The van der Waals surface area contributed by atoms with Crippen LogP contribution in [0.4, 0.5) is 4.79 Å². The minimum absolute atomic E-state index is 0.0274. The monoisotopic (exact) mass is 203 g/mol. The SMILES string of the molecule is Cc1ccccc1CNC(=O)NCC#N. The molecule has 0 bridgehead atoms. The Bertz CT molecular complexity index is 382. The first-order valence-electron chi connectivity index (χ1n) is 4.67. The van der Waals surface area contributed by atoms with Crippen LogP contribution in [0.25, 0.3) is 0 Å². The van der Waals surface area contributed by atoms with Gasteiger partial charge in [0.2, 0.25) is 0 Å². The Kier molecular flexibility index (Phi) is 4.17. The maximum absolute atomic E-state index is 11.1. The molecule has 2 N–H and O–H groups in total. The molecule has 0 heterocycles. The van der Waals surface area contributed by atoms with Crippen molar-refractivity contribution in [1.82, 2.24) is 10.6 Å². The number of nitrogens with one attached hydrogen (secondary N) is 2. The first-order valence-corrected chi connectivity index (χ1v) is 4.67. The molecule has 2 amide bonds. The second-order valence-corrected chi connectivity index (χ2v) is 3.12. The molecule has 0 aliphatic rings. The van der Waals surface area contributed by atoms with Crippen molar-refractivity contribution < 1.29 is 4.79 Å². The van der Waals surface area contributed by atoms with Crippen molar-refractivity contribution in [2.24, 2.45) is 0 Å². The maximum atomic E-state index is 11.1. The van der Waals surface area contributed by atoms with E-state index in [-0.39, 0.29) is 12.6 Å². The summed E-state index contributed by atoms with van der Waals surface area (Å²) in [5.74, 6) is 0. The summed E-state index contributed by atoms with van der Waals surface area (Å²) in [7, 11) is 0. The summed E-state index contributed by atoms with van der Waals surface area (Å²) in [5.41, 5.74) is 2.21. The summed E-state index contributed by atoms with van der Waals surface area (Å²) in [4.78, 5) is 11.1. The van der Waals surface area contributed by atoms with E-state index in [1.807, 2.05) is 37.3 Å². The van der Waals surface area contributed by atoms with Crippen molar-refractivity contribution >= 4 is 6.03 Å². The van der Waals surface area contributed by atoms with Gasteiger partial charge in [0, 0.05) is 6.54 Å². The lowest BCUT2D eigenvalue weighted by Crippen LogP contribution is -2.35. The summed E-state index contributed by atoms with van der Waals surface area (Å²) >= 11 is 0. The molecule has 0 radical (unpaired) electrons. The minimum atomic E-state index is -0.320. The molecular formula is C11H13N3O. The van der Waals surface area contributed by atoms with Gasteiger partial charge in [-0.2, -0.15) is 5.26 Å². The van der Waals surface area contributed by atoms with E-state index in [1.165, 1.54) is 0 Å². The predicted octanol–water partition coefficient (Wildman–Crippen LogP) is 1.32. The molecule has 0 atom stereocenters. The smallest absolute Gasteiger partial charge is 0.315 e. The third-order valence-corrected chi connectivity index (χ3v) is 2.03. The molecule has 1 aromatic carbocycles. The Balaban J connectivity index is 2.41. The van der Waals surface area contributed by atoms with E-state index in [2.05, 4.69) is 10.6 Å². The number of nitriles is 1. The van der Waals surface area contributed by atoms with Gasteiger partial charge in [-0.25, -0.2) is 4.79 Å². The van der Waals surface area contributed by atoms with E-state index >= 15 is 0 Å². The van der Waals surface area contributed by atoms with Crippen molar-refractivity contribution in [1.29, 1.82) is 5.26 Å². The normalized spacial score (nSPS) is 9.07. The zero-order valence-electron chi connectivity index (χ0n) is 8.58. The van der Waals surface area contributed by atoms with Crippen molar-refractivity contribution in [3.8, 4) is 6.07 Å². The quantitative estimate of drug-likeness (QED) is 0.727. The number of rotatable bonds is 3. The Hall–Kier alpha value is -2.02. The fourth-order valence-electron chi connectivity index (χ4n) is 1.17. The lowest BCUT2D eigenvalue weighted by Gasteiger charge is -2.07. The van der Waals surface area contributed by atoms with Crippen LogP contribution in [0.1, 0.15) is 11.1 Å². The van der Waals surface area contributed by atoms with Gasteiger partial charge in [0.1, 0.15) is 6.54 Å². The van der Waals surface area contributed by atoms with Gasteiger partial charge in [0.15, 0.2) is 0 Å². The molecule has 4 nitrogen and oxygen atoms in total. The number of nitrogens with zero attached hydrogens (tertiary/aromatic N) is 1. The topological polar surface area (TPSA) is 64.9 Å². The number of hydrogen-bond donors (Lipinski definition) is 2. The van der Waals surface area contributed by atoms with Crippen molar-refractivity contribution in [3.05, 3.63) is 35.4 Å². The summed E-state index contributed by atoms with van der Waals surface area (Å²) in [6, 6.07) is 9.35. The number of carbonyl (C=O) groups excluding carboxylic acids is 1.